The number of hydrogen-bond donors (Lipinski definition) is 2. The molecule has 1 saturated heterocycles. The summed E-state index contributed by atoms with van der Waals surface area (Å²) in [7, 11) is 1.64. The van der Waals surface area contributed by atoms with E-state index in [1.165, 1.54) is 18.2 Å². The molecule has 1 atom stereocenters. The third-order valence-electron chi connectivity index (χ3n) is 4.96. The minimum absolute atomic E-state index is 0. The number of halogens is 4. The predicted molar refractivity (Wildman–Crippen MR) is 130 cm³/mol. The van der Waals surface area contributed by atoms with Crippen LogP contribution in [0.2, 0.25) is 5.02 Å². The average Bonchev–Trinajstić information content (AvgIpc) is 3.41. The summed E-state index contributed by atoms with van der Waals surface area (Å²) < 4.78 is 33.4. The fourth-order valence-electron chi connectivity index (χ4n) is 3.49. The SMILES string of the molecule is CN=C(NCc1nc(-c2cccc(Cl)c2)no1)NC1CCN(c2c(F)cccc2F)C1.I. The van der Waals surface area contributed by atoms with Gasteiger partial charge in [-0.3, -0.25) is 4.99 Å². The Kier molecular flexibility index (Phi) is 8.24. The topological polar surface area (TPSA) is 78.6 Å². The number of guanidine groups is 1. The lowest BCUT2D eigenvalue weighted by atomic mass is 10.2. The normalized spacial score (nSPS) is 16.1. The second kappa shape index (κ2) is 10.9. The Hall–Kier alpha value is -2.47. The first-order chi connectivity index (χ1) is 15.0. The highest BCUT2D eigenvalue weighted by atomic mass is 127. The molecule has 1 aromatic heterocycles. The van der Waals surface area contributed by atoms with Crippen LogP contribution in [0.1, 0.15) is 12.3 Å². The van der Waals surface area contributed by atoms with Gasteiger partial charge in [-0.2, -0.15) is 4.98 Å². The van der Waals surface area contributed by atoms with Crippen molar-refractivity contribution >= 4 is 47.2 Å². The molecule has 32 heavy (non-hydrogen) atoms. The molecule has 2 N–H and O–H groups in total. The van der Waals surface area contributed by atoms with Gasteiger partial charge in [-0.25, -0.2) is 8.78 Å². The Morgan fingerprint density at radius 1 is 1.25 bits per heavy atom. The summed E-state index contributed by atoms with van der Waals surface area (Å²) in [5.74, 6) is 0.244. The van der Waals surface area contributed by atoms with Crippen LogP contribution < -0.4 is 15.5 Å². The Labute approximate surface area is 206 Å². The van der Waals surface area contributed by atoms with Crippen LogP contribution in [-0.4, -0.2) is 42.3 Å². The molecule has 3 aromatic rings. The lowest BCUT2D eigenvalue weighted by Gasteiger charge is -2.21. The molecule has 1 fully saturated rings. The fourth-order valence-corrected chi connectivity index (χ4v) is 3.68. The molecule has 0 bridgehead atoms. The molecule has 7 nitrogen and oxygen atoms in total. The molecular weight excluding hydrogens is 553 g/mol. The summed E-state index contributed by atoms with van der Waals surface area (Å²) in [6.07, 6.45) is 0.716. The molecule has 0 spiro atoms. The van der Waals surface area contributed by atoms with Crippen molar-refractivity contribution in [2.24, 2.45) is 4.99 Å². The Balaban J connectivity index is 0.00000289. The highest BCUT2D eigenvalue weighted by Gasteiger charge is 2.27. The van der Waals surface area contributed by atoms with E-state index < -0.39 is 11.6 Å². The lowest BCUT2D eigenvalue weighted by Crippen LogP contribution is -2.44. The zero-order valence-corrected chi connectivity index (χ0v) is 20.3. The van der Waals surface area contributed by atoms with Crippen molar-refractivity contribution < 1.29 is 13.3 Å². The Morgan fingerprint density at radius 3 is 2.72 bits per heavy atom. The number of nitrogens with zero attached hydrogens (tertiary/aromatic N) is 4. The molecule has 1 aliphatic rings. The molecule has 4 rings (SSSR count). The number of benzene rings is 2. The van der Waals surface area contributed by atoms with Gasteiger partial charge in [-0.05, 0) is 30.7 Å². The second-order valence-electron chi connectivity index (χ2n) is 7.09. The first-order valence-electron chi connectivity index (χ1n) is 9.78. The quantitative estimate of drug-likeness (QED) is 0.270. The van der Waals surface area contributed by atoms with Crippen LogP contribution in [0.5, 0.6) is 0 Å². The highest BCUT2D eigenvalue weighted by Crippen LogP contribution is 2.26. The van der Waals surface area contributed by atoms with Crippen molar-refractivity contribution in [3.05, 3.63) is 65.0 Å². The van der Waals surface area contributed by atoms with E-state index in [0.29, 0.717) is 42.2 Å². The molecule has 1 aliphatic heterocycles. The van der Waals surface area contributed by atoms with Gasteiger partial charge in [0.05, 0.1) is 6.54 Å². The zero-order chi connectivity index (χ0) is 21.8. The van der Waals surface area contributed by atoms with E-state index in [2.05, 4.69) is 25.8 Å². The van der Waals surface area contributed by atoms with Crippen molar-refractivity contribution in [1.29, 1.82) is 0 Å². The summed E-state index contributed by atoms with van der Waals surface area (Å²) in [5, 5.41) is 10.9. The third-order valence-corrected chi connectivity index (χ3v) is 5.20. The number of anilines is 1. The van der Waals surface area contributed by atoms with Crippen molar-refractivity contribution in [2.45, 2.75) is 19.0 Å². The number of aromatic nitrogens is 2. The number of rotatable bonds is 5. The third kappa shape index (κ3) is 5.66. The van der Waals surface area contributed by atoms with Gasteiger partial charge in [-0.1, -0.05) is 35.0 Å². The fraction of sp³-hybridized carbons (Fsp3) is 0.286. The highest BCUT2D eigenvalue weighted by molar-refractivity contribution is 14.0. The van der Waals surface area contributed by atoms with Crippen LogP contribution in [0.4, 0.5) is 14.5 Å². The molecule has 0 aliphatic carbocycles. The van der Waals surface area contributed by atoms with E-state index >= 15 is 0 Å². The van der Waals surface area contributed by atoms with Crippen LogP contribution in [0.3, 0.4) is 0 Å². The summed E-state index contributed by atoms with van der Waals surface area (Å²) >= 11 is 6.00. The zero-order valence-electron chi connectivity index (χ0n) is 17.2. The molecule has 1 unspecified atom stereocenters. The van der Waals surface area contributed by atoms with E-state index in [1.807, 2.05) is 12.1 Å². The number of hydrogen-bond acceptors (Lipinski definition) is 5. The van der Waals surface area contributed by atoms with Crippen LogP contribution in [0, 0.1) is 11.6 Å². The van der Waals surface area contributed by atoms with Gasteiger partial charge in [0.15, 0.2) is 5.96 Å². The smallest absolute Gasteiger partial charge is 0.246 e. The Morgan fingerprint density at radius 2 is 2.00 bits per heavy atom. The number of para-hydroxylation sites is 1. The minimum atomic E-state index is -0.560. The maximum absolute atomic E-state index is 14.0. The number of nitrogens with one attached hydrogen (secondary N) is 2. The van der Waals surface area contributed by atoms with Gasteiger partial charge in [0.1, 0.15) is 17.3 Å². The van der Waals surface area contributed by atoms with Crippen LogP contribution in [-0.2, 0) is 6.54 Å². The van der Waals surface area contributed by atoms with Crippen molar-refractivity contribution in [3.63, 3.8) is 0 Å². The van der Waals surface area contributed by atoms with Gasteiger partial charge >= 0.3 is 0 Å². The largest absolute Gasteiger partial charge is 0.365 e. The molecule has 0 saturated carbocycles. The van der Waals surface area contributed by atoms with Gasteiger partial charge in [0.25, 0.3) is 0 Å². The van der Waals surface area contributed by atoms with Gasteiger partial charge in [0, 0.05) is 36.8 Å². The first-order valence-corrected chi connectivity index (χ1v) is 10.2. The van der Waals surface area contributed by atoms with Crippen LogP contribution >= 0.6 is 35.6 Å². The van der Waals surface area contributed by atoms with Crippen molar-refractivity contribution in [1.82, 2.24) is 20.8 Å². The van der Waals surface area contributed by atoms with Gasteiger partial charge in [0.2, 0.25) is 11.7 Å². The van der Waals surface area contributed by atoms with Crippen LogP contribution in [0.25, 0.3) is 11.4 Å². The van der Waals surface area contributed by atoms with E-state index in [-0.39, 0.29) is 42.3 Å². The standard InChI is InChI=1S/C21H21ClF2N6O.HI/c1-25-21(26-11-18-28-20(29-31-18)13-4-2-5-14(22)10-13)27-15-8-9-30(12-15)19-16(23)6-3-7-17(19)24;/h2-7,10,15H,8-9,11-12H2,1H3,(H2,25,26,27);1H. The Bertz CT molecular complexity index is 1080. The van der Waals surface area contributed by atoms with Gasteiger partial charge in [-0.15, -0.1) is 24.0 Å². The maximum atomic E-state index is 14.0. The van der Waals surface area contributed by atoms with Crippen molar-refractivity contribution in [3.8, 4) is 11.4 Å². The molecule has 11 heteroatoms. The lowest BCUT2D eigenvalue weighted by molar-refractivity contribution is 0.375. The molecular formula is C21H22ClF2IN6O. The summed E-state index contributed by atoms with van der Waals surface area (Å²) in [5.41, 5.74) is 0.769. The van der Waals surface area contributed by atoms with Crippen LogP contribution in [0.15, 0.2) is 52.0 Å². The maximum Gasteiger partial charge on any atom is 0.246 e. The summed E-state index contributed by atoms with van der Waals surface area (Å²) in [6.45, 7) is 1.27. The molecule has 170 valence electrons. The molecule has 2 aromatic carbocycles. The predicted octanol–water partition coefficient (Wildman–Crippen LogP) is 4.23. The minimum Gasteiger partial charge on any atom is -0.365 e. The van der Waals surface area contributed by atoms with E-state index in [4.69, 9.17) is 16.1 Å². The second-order valence-corrected chi connectivity index (χ2v) is 7.53. The van der Waals surface area contributed by atoms with E-state index in [1.54, 1.807) is 24.1 Å². The van der Waals surface area contributed by atoms with E-state index in [9.17, 15) is 8.78 Å². The van der Waals surface area contributed by atoms with E-state index in [0.717, 1.165) is 5.56 Å². The van der Waals surface area contributed by atoms with Crippen molar-refractivity contribution in [2.75, 3.05) is 25.0 Å². The monoisotopic (exact) mass is 574 g/mol. The summed E-state index contributed by atoms with van der Waals surface area (Å²) in [6, 6.07) is 11.1. The molecule has 0 radical (unpaired) electrons. The van der Waals surface area contributed by atoms with Gasteiger partial charge < -0.3 is 20.1 Å². The molecule has 2 heterocycles. The average molecular weight is 575 g/mol. The first kappa shape index (κ1) is 24.2. The molecule has 0 amide bonds. The number of aliphatic imine (C=N–C) groups is 1. The summed E-state index contributed by atoms with van der Waals surface area (Å²) in [4.78, 5) is 10.3.